The summed E-state index contributed by atoms with van der Waals surface area (Å²) in [6, 6.07) is 6.75. The number of thioether (sulfide) groups is 1. The van der Waals surface area contributed by atoms with Crippen LogP contribution < -0.4 is 5.32 Å². The first-order valence-electron chi connectivity index (χ1n) is 7.46. The normalized spacial score (nSPS) is 14.4. The molecular weight excluding hydrogens is 387 g/mol. The molecule has 0 spiro atoms. The highest BCUT2D eigenvalue weighted by molar-refractivity contribution is 8.01. The van der Waals surface area contributed by atoms with Crippen LogP contribution in [0.25, 0.3) is 0 Å². The summed E-state index contributed by atoms with van der Waals surface area (Å²) in [5.74, 6) is 0.797. The van der Waals surface area contributed by atoms with E-state index in [0.717, 1.165) is 16.6 Å². The predicted octanol–water partition coefficient (Wildman–Crippen LogP) is 4.05. The number of nitrogens with zero attached hydrogens (tertiary/aromatic N) is 3. The summed E-state index contributed by atoms with van der Waals surface area (Å²) in [5.41, 5.74) is 0.549. The molecule has 2 aromatic rings. The zero-order valence-corrected chi connectivity index (χ0v) is 16.1. The highest BCUT2D eigenvalue weighted by Gasteiger charge is 2.13. The summed E-state index contributed by atoms with van der Waals surface area (Å²) in [6.07, 6.45) is 2.62. The number of amides is 1. The molecule has 0 saturated carbocycles. The minimum absolute atomic E-state index is 0. The topological polar surface area (TPSA) is 58.1 Å². The quantitative estimate of drug-likeness (QED) is 0.580. The number of benzene rings is 1. The Bertz CT molecular complexity index is 660. The number of anilines is 1. The molecule has 1 aromatic carbocycles. The van der Waals surface area contributed by atoms with Crippen molar-refractivity contribution in [2.75, 3.05) is 30.7 Å². The average molecular weight is 405 g/mol. The highest BCUT2D eigenvalue weighted by atomic mass is 35.5. The van der Waals surface area contributed by atoms with Gasteiger partial charge in [0.2, 0.25) is 5.13 Å². The minimum Gasteiger partial charge on any atom is -0.303 e. The van der Waals surface area contributed by atoms with Gasteiger partial charge in [0, 0.05) is 22.9 Å². The van der Waals surface area contributed by atoms with Gasteiger partial charge in [-0.1, -0.05) is 34.7 Å². The number of hydrogen-bond donors (Lipinski definition) is 1. The number of nitrogens with one attached hydrogen (secondary N) is 1. The molecule has 0 atom stereocenters. The van der Waals surface area contributed by atoms with Gasteiger partial charge < -0.3 is 4.90 Å². The van der Waals surface area contributed by atoms with Crippen LogP contribution in [0, 0.1) is 0 Å². The van der Waals surface area contributed by atoms with Gasteiger partial charge in [-0.15, -0.1) is 22.6 Å². The van der Waals surface area contributed by atoms with Gasteiger partial charge in [0.15, 0.2) is 4.34 Å². The van der Waals surface area contributed by atoms with Crippen molar-refractivity contribution in [1.29, 1.82) is 0 Å². The molecule has 0 aliphatic carbocycles. The molecule has 2 heterocycles. The van der Waals surface area contributed by atoms with Gasteiger partial charge in [-0.25, -0.2) is 0 Å². The first kappa shape index (κ1) is 19.5. The SMILES string of the molecule is Cl.O=C(Nc1nnc(SCCN2CCCC2)s1)c1ccc(Cl)cc1. The molecule has 1 aromatic heterocycles. The van der Waals surface area contributed by atoms with Crippen LogP contribution in [0.15, 0.2) is 28.6 Å². The van der Waals surface area contributed by atoms with Crippen LogP contribution in [0.5, 0.6) is 0 Å². The largest absolute Gasteiger partial charge is 0.303 e. The number of aromatic nitrogens is 2. The second-order valence-corrected chi connectivity index (χ2v) is 7.99. The molecule has 1 aliphatic rings. The van der Waals surface area contributed by atoms with E-state index in [0.29, 0.717) is 15.7 Å². The highest BCUT2D eigenvalue weighted by Crippen LogP contribution is 2.26. The third-order valence-electron chi connectivity index (χ3n) is 3.57. The van der Waals surface area contributed by atoms with E-state index in [2.05, 4.69) is 20.4 Å². The first-order chi connectivity index (χ1) is 11.2. The van der Waals surface area contributed by atoms with E-state index >= 15 is 0 Å². The van der Waals surface area contributed by atoms with E-state index in [1.54, 1.807) is 36.0 Å². The van der Waals surface area contributed by atoms with Crippen LogP contribution in [0.3, 0.4) is 0 Å². The summed E-state index contributed by atoms with van der Waals surface area (Å²) >= 11 is 8.91. The zero-order valence-electron chi connectivity index (χ0n) is 12.9. The molecule has 130 valence electrons. The molecule has 0 radical (unpaired) electrons. The molecule has 1 amide bonds. The van der Waals surface area contributed by atoms with Crippen LogP contribution in [0.1, 0.15) is 23.2 Å². The van der Waals surface area contributed by atoms with Crippen molar-refractivity contribution in [3.63, 3.8) is 0 Å². The standard InChI is InChI=1S/C15H17ClN4OS2.ClH/c16-12-5-3-11(4-6-12)13(21)17-14-18-19-15(23-14)22-10-9-20-7-1-2-8-20;/h3-6H,1-2,7-10H2,(H,17,18,21);1H. The lowest BCUT2D eigenvalue weighted by atomic mass is 10.2. The molecular formula is C15H18Cl2N4OS2. The number of halogens is 2. The van der Waals surface area contributed by atoms with Crippen LogP contribution in [-0.4, -0.2) is 46.4 Å². The molecule has 1 aliphatic heterocycles. The second-order valence-electron chi connectivity index (χ2n) is 5.23. The number of carbonyl (C=O) groups is 1. The minimum atomic E-state index is -0.202. The van der Waals surface area contributed by atoms with E-state index < -0.39 is 0 Å². The molecule has 0 unspecified atom stereocenters. The molecule has 1 saturated heterocycles. The predicted molar refractivity (Wildman–Crippen MR) is 103 cm³/mol. The van der Waals surface area contributed by atoms with Gasteiger partial charge in [-0.05, 0) is 50.2 Å². The maximum Gasteiger partial charge on any atom is 0.257 e. The Morgan fingerprint density at radius 1 is 1.25 bits per heavy atom. The fourth-order valence-electron chi connectivity index (χ4n) is 2.36. The Morgan fingerprint density at radius 3 is 2.67 bits per heavy atom. The molecule has 1 N–H and O–H groups in total. The molecule has 0 bridgehead atoms. The van der Waals surface area contributed by atoms with Gasteiger partial charge in [0.1, 0.15) is 0 Å². The van der Waals surface area contributed by atoms with Gasteiger partial charge in [-0.3, -0.25) is 10.1 Å². The van der Waals surface area contributed by atoms with Gasteiger partial charge in [0.25, 0.3) is 5.91 Å². The third-order valence-corrected chi connectivity index (χ3v) is 5.77. The molecule has 24 heavy (non-hydrogen) atoms. The van der Waals surface area contributed by atoms with Crippen molar-refractivity contribution >= 4 is 58.1 Å². The third kappa shape index (κ3) is 5.60. The monoisotopic (exact) mass is 404 g/mol. The zero-order chi connectivity index (χ0) is 16.1. The smallest absolute Gasteiger partial charge is 0.257 e. The van der Waals surface area contributed by atoms with E-state index in [9.17, 15) is 4.79 Å². The maximum atomic E-state index is 12.1. The van der Waals surface area contributed by atoms with Crippen LogP contribution in [0.2, 0.25) is 5.02 Å². The van der Waals surface area contributed by atoms with Crippen molar-refractivity contribution in [1.82, 2.24) is 15.1 Å². The van der Waals surface area contributed by atoms with Crippen molar-refractivity contribution in [2.24, 2.45) is 0 Å². The van der Waals surface area contributed by atoms with Crippen LogP contribution >= 0.6 is 47.1 Å². The lowest BCUT2D eigenvalue weighted by molar-refractivity contribution is 0.102. The number of likely N-dealkylation sites (tertiary alicyclic amines) is 1. The lowest BCUT2D eigenvalue weighted by Gasteiger charge is -2.12. The Balaban J connectivity index is 0.00000208. The van der Waals surface area contributed by atoms with Crippen molar-refractivity contribution in [3.05, 3.63) is 34.9 Å². The van der Waals surface area contributed by atoms with Crippen molar-refractivity contribution in [3.8, 4) is 0 Å². The van der Waals surface area contributed by atoms with Crippen LogP contribution in [0.4, 0.5) is 5.13 Å². The number of carbonyl (C=O) groups excluding carboxylic acids is 1. The van der Waals surface area contributed by atoms with E-state index in [-0.39, 0.29) is 18.3 Å². The Kier molecular flexibility index (Phi) is 7.77. The lowest BCUT2D eigenvalue weighted by Crippen LogP contribution is -2.21. The van der Waals surface area contributed by atoms with E-state index in [1.165, 1.54) is 37.3 Å². The summed E-state index contributed by atoms with van der Waals surface area (Å²) in [6.45, 7) is 3.49. The summed E-state index contributed by atoms with van der Waals surface area (Å²) in [7, 11) is 0. The van der Waals surface area contributed by atoms with E-state index in [1.807, 2.05) is 0 Å². The fourth-order valence-corrected chi connectivity index (χ4v) is 4.30. The first-order valence-corrected chi connectivity index (χ1v) is 9.64. The summed E-state index contributed by atoms with van der Waals surface area (Å²) < 4.78 is 0.885. The van der Waals surface area contributed by atoms with Gasteiger partial charge in [0.05, 0.1) is 0 Å². The van der Waals surface area contributed by atoms with Crippen molar-refractivity contribution in [2.45, 2.75) is 17.2 Å². The van der Waals surface area contributed by atoms with E-state index in [4.69, 9.17) is 11.6 Å². The summed E-state index contributed by atoms with van der Waals surface area (Å²) in [4.78, 5) is 14.6. The second kappa shape index (κ2) is 9.58. The molecule has 1 fully saturated rings. The molecule has 5 nitrogen and oxygen atoms in total. The number of rotatable bonds is 6. The Morgan fingerprint density at radius 2 is 1.96 bits per heavy atom. The van der Waals surface area contributed by atoms with Crippen molar-refractivity contribution < 1.29 is 4.79 Å². The fraction of sp³-hybridized carbons (Fsp3) is 0.400. The summed E-state index contributed by atoms with van der Waals surface area (Å²) in [5, 5.41) is 12.0. The van der Waals surface area contributed by atoms with Gasteiger partial charge in [-0.2, -0.15) is 0 Å². The molecule has 9 heteroatoms. The number of hydrogen-bond acceptors (Lipinski definition) is 6. The molecule has 3 rings (SSSR count). The average Bonchev–Trinajstić information content (AvgIpc) is 3.20. The Hall–Kier alpha value is -0.860. The Labute approximate surface area is 160 Å². The van der Waals surface area contributed by atoms with Crippen LogP contribution in [-0.2, 0) is 0 Å². The van der Waals surface area contributed by atoms with Gasteiger partial charge >= 0.3 is 0 Å². The maximum absolute atomic E-state index is 12.1.